The number of rotatable bonds is 4. The average Bonchev–Trinajstić information content (AvgIpc) is 3.24. The molecule has 0 unspecified atom stereocenters. The van der Waals surface area contributed by atoms with Gasteiger partial charge in [-0.1, -0.05) is 0 Å². The normalized spacial score (nSPS) is 11.4. The summed E-state index contributed by atoms with van der Waals surface area (Å²) in [5.41, 5.74) is -1.93. The standard InChI is InChI=1S/C16H12F3N5O3/c1-9(25)27-15-12(6-21-23(15)2)14(26)11-4-3-10(24-8-20-7-22-24)5-13(11)16(17,18)19/h3-8H,1-2H3. The molecule has 3 rings (SSSR count). The lowest BCUT2D eigenvalue weighted by Crippen LogP contribution is -2.16. The number of benzene rings is 1. The van der Waals surface area contributed by atoms with Gasteiger partial charge in [0, 0.05) is 19.5 Å². The Labute approximate surface area is 150 Å². The number of hydrogen-bond donors (Lipinski definition) is 0. The molecule has 0 radical (unpaired) electrons. The summed E-state index contributed by atoms with van der Waals surface area (Å²) in [6.07, 6.45) is -1.35. The van der Waals surface area contributed by atoms with Crippen LogP contribution in [-0.4, -0.2) is 36.3 Å². The molecule has 27 heavy (non-hydrogen) atoms. The van der Waals surface area contributed by atoms with Crippen LogP contribution < -0.4 is 4.74 Å². The van der Waals surface area contributed by atoms with E-state index in [1.54, 1.807) is 0 Å². The van der Waals surface area contributed by atoms with Crippen molar-refractivity contribution < 1.29 is 27.5 Å². The van der Waals surface area contributed by atoms with E-state index in [9.17, 15) is 22.8 Å². The Balaban J connectivity index is 2.11. The van der Waals surface area contributed by atoms with Crippen LogP contribution in [0.2, 0.25) is 0 Å². The Morgan fingerprint density at radius 2 is 1.89 bits per heavy atom. The maximum Gasteiger partial charge on any atom is 0.417 e. The van der Waals surface area contributed by atoms with Crippen molar-refractivity contribution in [3.8, 4) is 11.6 Å². The fourth-order valence-electron chi connectivity index (χ4n) is 2.43. The number of esters is 1. The second-order valence-electron chi connectivity index (χ2n) is 5.48. The number of halogens is 3. The van der Waals surface area contributed by atoms with Crippen molar-refractivity contribution >= 4 is 11.8 Å². The van der Waals surface area contributed by atoms with Gasteiger partial charge in [-0.2, -0.15) is 23.4 Å². The molecule has 0 saturated carbocycles. The van der Waals surface area contributed by atoms with E-state index in [-0.39, 0.29) is 17.1 Å². The lowest BCUT2D eigenvalue weighted by molar-refractivity contribution is -0.138. The predicted molar refractivity (Wildman–Crippen MR) is 84.3 cm³/mol. The highest BCUT2D eigenvalue weighted by Gasteiger charge is 2.37. The van der Waals surface area contributed by atoms with Gasteiger partial charge in [-0.25, -0.2) is 14.3 Å². The SMILES string of the molecule is CC(=O)Oc1c(C(=O)c2ccc(-n3cncn3)cc2C(F)(F)F)cnn1C. The fourth-order valence-corrected chi connectivity index (χ4v) is 2.43. The Morgan fingerprint density at radius 1 is 1.15 bits per heavy atom. The van der Waals surface area contributed by atoms with Crippen molar-refractivity contribution in [3.63, 3.8) is 0 Å². The molecule has 0 amide bonds. The Morgan fingerprint density at radius 3 is 2.48 bits per heavy atom. The summed E-state index contributed by atoms with van der Waals surface area (Å²) in [6, 6.07) is 3.13. The number of alkyl halides is 3. The number of ether oxygens (including phenoxy) is 1. The van der Waals surface area contributed by atoms with Gasteiger partial charge in [0.2, 0.25) is 11.7 Å². The molecule has 3 aromatic rings. The lowest BCUT2D eigenvalue weighted by atomic mass is 9.98. The quantitative estimate of drug-likeness (QED) is 0.510. The van der Waals surface area contributed by atoms with Crippen LogP contribution in [0.25, 0.3) is 5.69 Å². The number of hydrogen-bond acceptors (Lipinski definition) is 6. The molecule has 11 heteroatoms. The summed E-state index contributed by atoms with van der Waals surface area (Å²) in [6.45, 7) is 1.11. The summed E-state index contributed by atoms with van der Waals surface area (Å²) in [5, 5.41) is 7.56. The van der Waals surface area contributed by atoms with Gasteiger partial charge in [0.15, 0.2) is 0 Å². The van der Waals surface area contributed by atoms with Crippen LogP contribution in [0.3, 0.4) is 0 Å². The largest absolute Gasteiger partial charge is 0.417 e. The molecule has 0 aliphatic carbocycles. The molecule has 0 aliphatic heterocycles. The zero-order valence-electron chi connectivity index (χ0n) is 14.1. The summed E-state index contributed by atoms with van der Waals surface area (Å²) in [5.74, 6) is -1.94. The Hall–Kier alpha value is -3.50. The molecule has 0 fully saturated rings. The van der Waals surface area contributed by atoms with Crippen molar-refractivity contribution in [3.05, 3.63) is 53.7 Å². The lowest BCUT2D eigenvalue weighted by Gasteiger charge is -2.14. The molecule has 8 nitrogen and oxygen atoms in total. The third-order valence-electron chi connectivity index (χ3n) is 3.61. The zero-order valence-corrected chi connectivity index (χ0v) is 14.1. The van der Waals surface area contributed by atoms with E-state index in [1.165, 1.54) is 25.8 Å². The van der Waals surface area contributed by atoms with E-state index in [1.807, 2.05) is 0 Å². The van der Waals surface area contributed by atoms with Gasteiger partial charge >= 0.3 is 12.1 Å². The van der Waals surface area contributed by atoms with Gasteiger partial charge in [0.1, 0.15) is 18.2 Å². The first-order valence-electron chi connectivity index (χ1n) is 7.50. The number of ketones is 1. The molecule has 0 saturated heterocycles. The Kier molecular flexibility index (Phi) is 4.52. The highest BCUT2D eigenvalue weighted by molar-refractivity contribution is 6.11. The van der Waals surface area contributed by atoms with Crippen molar-refractivity contribution in [1.29, 1.82) is 0 Å². The van der Waals surface area contributed by atoms with E-state index in [4.69, 9.17) is 4.74 Å². The molecule has 1 aromatic carbocycles. The highest BCUT2D eigenvalue weighted by atomic mass is 19.4. The number of carbonyl (C=O) groups excluding carboxylic acids is 2. The van der Waals surface area contributed by atoms with Gasteiger partial charge in [0.25, 0.3) is 0 Å². The van der Waals surface area contributed by atoms with Gasteiger partial charge in [-0.05, 0) is 18.2 Å². The fraction of sp³-hybridized carbons (Fsp3) is 0.188. The van der Waals surface area contributed by atoms with Gasteiger partial charge in [-0.15, -0.1) is 0 Å². The Bertz CT molecular complexity index is 1010. The highest BCUT2D eigenvalue weighted by Crippen LogP contribution is 2.35. The minimum atomic E-state index is -4.80. The first-order chi connectivity index (χ1) is 12.7. The smallest absolute Gasteiger partial charge is 0.407 e. The van der Waals surface area contributed by atoms with E-state index < -0.39 is 29.1 Å². The molecule has 0 N–H and O–H groups in total. The summed E-state index contributed by atoms with van der Waals surface area (Å²) >= 11 is 0. The minimum absolute atomic E-state index is 0.0859. The maximum atomic E-state index is 13.6. The maximum absolute atomic E-state index is 13.6. The molecule has 0 aliphatic rings. The topological polar surface area (TPSA) is 91.9 Å². The number of nitrogens with zero attached hydrogens (tertiary/aromatic N) is 5. The van der Waals surface area contributed by atoms with E-state index >= 15 is 0 Å². The average molecular weight is 379 g/mol. The van der Waals surface area contributed by atoms with Crippen LogP contribution in [0.15, 0.2) is 37.1 Å². The van der Waals surface area contributed by atoms with Crippen molar-refractivity contribution in [2.24, 2.45) is 7.05 Å². The van der Waals surface area contributed by atoms with Gasteiger partial charge in [-0.3, -0.25) is 9.59 Å². The number of aromatic nitrogens is 5. The minimum Gasteiger partial charge on any atom is -0.407 e. The molecule has 0 bridgehead atoms. The second kappa shape index (κ2) is 6.67. The second-order valence-corrected chi connectivity index (χ2v) is 5.48. The molecular formula is C16H12F3N5O3. The van der Waals surface area contributed by atoms with Crippen molar-refractivity contribution in [1.82, 2.24) is 24.5 Å². The first-order valence-corrected chi connectivity index (χ1v) is 7.50. The molecule has 2 heterocycles. The van der Waals surface area contributed by atoms with Crippen LogP contribution in [-0.2, 0) is 18.0 Å². The van der Waals surface area contributed by atoms with Crippen LogP contribution in [0, 0.1) is 0 Å². The summed E-state index contributed by atoms with van der Waals surface area (Å²) in [7, 11) is 1.40. The molecular weight excluding hydrogens is 367 g/mol. The zero-order chi connectivity index (χ0) is 19.8. The van der Waals surface area contributed by atoms with Crippen LogP contribution in [0.5, 0.6) is 5.88 Å². The number of carbonyl (C=O) groups is 2. The first kappa shape index (κ1) is 18.3. The van der Waals surface area contributed by atoms with E-state index in [2.05, 4.69) is 15.2 Å². The van der Waals surface area contributed by atoms with E-state index in [0.717, 1.165) is 34.6 Å². The van der Waals surface area contributed by atoms with Crippen LogP contribution in [0.1, 0.15) is 28.4 Å². The van der Waals surface area contributed by atoms with Gasteiger partial charge < -0.3 is 4.74 Å². The van der Waals surface area contributed by atoms with Crippen LogP contribution >= 0.6 is 0 Å². The predicted octanol–water partition coefficient (Wildman–Crippen LogP) is 2.18. The van der Waals surface area contributed by atoms with Gasteiger partial charge in [0.05, 0.1) is 17.4 Å². The van der Waals surface area contributed by atoms with Crippen molar-refractivity contribution in [2.45, 2.75) is 13.1 Å². The molecule has 140 valence electrons. The number of aryl methyl sites for hydroxylation is 1. The van der Waals surface area contributed by atoms with E-state index in [0.29, 0.717) is 0 Å². The third kappa shape index (κ3) is 3.57. The molecule has 2 aromatic heterocycles. The monoisotopic (exact) mass is 379 g/mol. The molecule has 0 atom stereocenters. The summed E-state index contributed by atoms with van der Waals surface area (Å²) in [4.78, 5) is 27.6. The van der Waals surface area contributed by atoms with Crippen molar-refractivity contribution in [2.75, 3.05) is 0 Å². The van der Waals surface area contributed by atoms with Crippen LogP contribution in [0.4, 0.5) is 13.2 Å². The summed E-state index contributed by atoms with van der Waals surface area (Å²) < 4.78 is 47.8. The molecule has 0 spiro atoms. The third-order valence-corrected chi connectivity index (χ3v) is 3.61.